The van der Waals surface area contributed by atoms with Crippen molar-refractivity contribution in [2.75, 3.05) is 20.6 Å². The van der Waals surface area contributed by atoms with Gasteiger partial charge < -0.3 is 9.80 Å². The van der Waals surface area contributed by atoms with Gasteiger partial charge in [0.25, 0.3) is 0 Å². The zero-order chi connectivity index (χ0) is 23.8. The summed E-state index contributed by atoms with van der Waals surface area (Å²) in [6.07, 6.45) is 16.4. The van der Waals surface area contributed by atoms with Gasteiger partial charge in [-0.05, 0) is 90.5 Å². The lowest BCUT2D eigenvalue weighted by molar-refractivity contribution is -0.136. The second kappa shape index (κ2) is 9.27. The van der Waals surface area contributed by atoms with E-state index in [1.54, 1.807) is 11.8 Å². The predicted molar refractivity (Wildman–Crippen MR) is 136 cm³/mol. The minimum atomic E-state index is 0.297. The van der Waals surface area contributed by atoms with Crippen molar-refractivity contribution < 1.29 is 4.79 Å². The molecule has 3 aliphatic carbocycles. The fraction of sp³-hybridized carbons (Fsp3) is 0.655. The van der Waals surface area contributed by atoms with E-state index in [4.69, 9.17) is 0 Å². The van der Waals surface area contributed by atoms with Crippen molar-refractivity contribution in [2.24, 2.45) is 28.6 Å². The molecule has 4 nitrogen and oxygen atoms in total. The van der Waals surface area contributed by atoms with Gasteiger partial charge in [0.15, 0.2) is 0 Å². The molecule has 4 aliphatic rings. The number of fused-ring (bicyclic) bond motifs is 5. The van der Waals surface area contributed by atoms with Crippen LogP contribution in [0, 0.1) is 28.6 Å². The summed E-state index contributed by atoms with van der Waals surface area (Å²) in [4.78, 5) is 21.0. The third kappa shape index (κ3) is 4.04. The van der Waals surface area contributed by atoms with Crippen LogP contribution in [0.5, 0.6) is 0 Å². The molecular formula is C29H43N3O. The summed E-state index contributed by atoms with van der Waals surface area (Å²) in [6.45, 7) is 11.5. The highest BCUT2D eigenvalue weighted by Crippen LogP contribution is 2.66. The number of hydrogen-bond acceptors (Lipinski definition) is 3. The Morgan fingerprint density at radius 1 is 1.24 bits per heavy atom. The maximum absolute atomic E-state index is 12.5. The van der Waals surface area contributed by atoms with Crippen LogP contribution in [0.3, 0.4) is 0 Å². The van der Waals surface area contributed by atoms with Crippen LogP contribution in [-0.4, -0.2) is 47.4 Å². The number of hydrogen-bond donors (Lipinski definition) is 0. The first-order valence-electron chi connectivity index (χ1n) is 13.0. The van der Waals surface area contributed by atoms with Gasteiger partial charge in [0.05, 0.1) is 0 Å². The molecule has 180 valence electrons. The Bertz CT molecular complexity index is 893. The van der Waals surface area contributed by atoms with Gasteiger partial charge in [0.1, 0.15) is 0 Å². The summed E-state index contributed by atoms with van der Waals surface area (Å²) < 4.78 is 0. The van der Waals surface area contributed by atoms with Crippen molar-refractivity contribution >= 4 is 11.5 Å². The van der Waals surface area contributed by atoms with Crippen LogP contribution < -0.4 is 0 Å². The molecule has 1 aromatic heterocycles. The van der Waals surface area contributed by atoms with Gasteiger partial charge in [0, 0.05) is 45.5 Å². The molecule has 0 aromatic carbocycles. The summed E-state index contributed by atoms with van der Waals surface area (Å²) in [7, 11) is 3.88. The van der Waals surface area contributed by atoms with Crippen LogP contribution in [0.1, 0.15) is 71.3 Å². The first kappa shape index (κ1) is 24.0. The SMILES string of the molecule is C=CN(C)C.CCC(=O)N1CCC2(C)C3CCC4(C)C(c5cccnc5)=CCC4C3CCC12. The second-order valence-electron chi connectivity index (χ2n) is 11.4. The average molecular weight is 450 g/mol. The molecule has 1 saturated heterocycles. The Kier molecular flexibility index (Phi) is 6.75. The van der Waals surface area contributed by atoms with Gasteiger partial charge in [-0.25, -0.2) is 0 Å². The first-order chi connectivity index (χ1) is 15.8. The largest absolute Gasteiger partial charge is 0.384 e. The van der Waals surface area contributed by atoms with E-state index >= 15 is 0 Å². The van der Waals surface area contributed by atoms with E-state index in [1.807, 2.05) is 32.1 Å². The van der Waals surface area contributed by atoms with Gasteiger partial charge in [-0.1, -0.05) is 39.5 Å². The van der Waals surface area contributed by atoms with Crippen molar-refractivity contribution in [3.05, 3.63) is 48.9 Å². The maximum Gasteiger partial charge on any atom is 0.222 e. The van der Waals surface area contributed by atoms with E-state index in [9.17, 15) is 4.79 Å². The molecule has 1 aromatic rings. The Balaban J connectivity index is 0.000000471. The first-order valence-corrected chi connectivity index (χ1v) is 13.0. The molecule has 2 saturated carbocycles. The predicted octanol–water partition coefficient (Wildman–Crippen LogP) is 6.02. The number of aromatic nitrogens is 1. The smallest absolute Gasteiger partial charge is 0.222 e. The molecule has 1 amide bonds. The van der Waals surface area contributed by atoms with E-state index in [-0.39, 0.29) is 0 Å². The Morgan fingerprint density at radius 2 is 2.00 bits per heavy atom. The monoisotopic (exact) mass is 449 g/mol. The summed E-state index contributed by atoms with van der Waals surface area (Å²) in [5.74, 6) is 2.71. The molecule has 4 heteroatoms. The van der Waals surface area contributed by atoms with Crippen molar-refractivity contribution in [1.82, 2.24) is 14.8 Å². The lowest BCUT2D eigenvalue weighted by Crippen LogP contribution is -2.54. The number of allylic oxidation sites excluding steroid dienone is 2. The standard InChI is InChI=1S/C25H34N2O.C4H9N/c1-4-23(28)27-15-13-25(3)21-11-12-24(2)19(17-6-5-14-26-16-17)8-9-20(24)18(21)7-10-22(25)27;1-4-5(2)3/h5-6,8,14,16,18,20-22H,4,7,9-13,15H2,1-3H3;4H,1H2,2-3H3. The Hall–Kier alpha value is -2.10. The lowest BCUT2D eigenvalue weighted by atomic mass is 9.48. The quantitative estimate of drug-likeness (QED) is 0.566. The highest BCUT2D eigenvalue weighted by atomic mass is 16.2. The Morgan fingerprint density at radius 3 is 2.64 bits per heavy atom. The van der Waals surface area contributed by atoms with Gasteiger partial charge in [-0.2, -0.15) is 0 Å². The number of rotatable bonds is 3. The number of nitrogens with zero attached hydrogens (tertiary/aromatic N) is 3. The van der Waals surface area contributed by atoms with Gasteiger partial charge in [-0.3, -0.25) is 9.78 Å². The summed E-state index contributed by atoms with van der Waals surface area (Å²) in [5.41, 5.74) is 3.49. The van der Waals surface area contributed by atoms with Crippen LogP contribution in [0.25, 0.3) is 5.57 Å². The highest BCUT2D eigenvalue weighted by molar-refractivity contribution is 5.76. The molecule has 5 rings (SSSR count). The van der Waals surface area contributed by atoms with Crippen molar-refractivity contribution in [3.8, 4) is 0 Å². The summed E-state index contributed by atoms with van der Waals surface area (Å²) >= 11 is 0. The van der Waals surface area contributed by atoms with Crippen molar-refractivity contribution in [1.29, 1.82) is 0 Å². The average Bonchev–Trinajstić information content (AvgIpc) is 3.36. The molecule has 0 N–H and O–H groups in total. The van der Waals surface area contributed by atoms with Crippen molar-refractivity contribution in [3.63, 3.8) is 0 Å². The third-order valence-corrected chi connectivity index (χ3v) is 9.63. The zero-order valence-corrected chi connectivity index (χ0v) is 21.4. The van der Waals surface area contributed by atoms with Crippen molar-refractivity contribution in [2.45, 2.75) is 71.8 Å². The normalized spacial score (nSPS) is 36.5. The number of carbonyl (C=O) groups excluding carboxylic acids is 1. The number of carbonyl (C=O) groups is 1. The highest BCUT2D eigenvalue weighted by Gasteiger charge is 2.60. The van der Waals surface area contributed by atoms with E-state index in [0.29, 0.717) is 29.2 Å². The maximum atomic E-state index is 12.5. The molecule has 6 unspecified atom stereocenters. The molecule has 0 spiro atoms. The van der Waals surface area contributed by atoms with Crippen LogP contribution >= 0.6 is 0 Å². The third-order valence-electron chi connectivity index (χ3n) is 9.63. The minimum absolute atomic E-state index is 0.297. The number of likely N-dealkylation sites (tertiary alicyclic amines) is 1. The van der Waals surface area contributed by atoms with E-state index in [1.165, 1.54) is 44.1 Å². The van der Waals surface area contributed by atoms with E-state index in [2.05, 4.69) is 54.7 Å². The zero-order valence-electron chi connectivity index (χ0n) is 21.4. The molecule has 1 aliphatic heterocycles. The number of pyridine rings is 1. The van der Waals surface area contributed by atoms with Crippen LogP contribution in [0.2, 0.25) is 0 Å². The molecule has 2 heterocycles. The molecule has 6 atom stereocenters. The van der Waals surface area contributed by atoms with Gasteiger partial charge >= 0.3 is 0 Å². The molecular weight excluding hydrogens is 406 g/mol. The lowest BCUT2D eigenvalue weighted by Gasteiger charge is -2.57. The molecule has 33 heavy (non-hydrogen) atoms. The minimum Gasteiger partial charge on any atom is -0.384 e. The molecule has 0 bridgehead atoms. The van der Waals surface area contributed by atoms with Crippen LogP contribution in [-0.2, 0) is 4.79 Å². The van der Waals surface area contributed by atoms with E-state index in [0.717, 1.165) is 24.3 Å². The van der Waals surface area contributed by atoms with Crippen LogP contribution in [0.4, 0.5) is 0 Å². The fourth-order valence-electron chi connectivity index (χ4n) is 7.86. The number of amides is 1. The summed E-state index contributed by atoms with van der Waals surface area (Å²) in [6, 6.07) is 4.79. The molecule has 0 radical (unpaired) electrons. The molecule has 3 fully saturated rings. The summed E-state index contributed by atoms with van der Waals surface area (Å²) in [5, 5.41) is 0. The van der Waals surface area contributed by atoms with Gasteiger partial charge in [-0.15, -0.1) is 0 Å². The topological polar surface area (TPSA) is 36.4 Å². The van der Waals surface area contributed by atoms with E-state index < -0.39 is 0 Å². The fourth-order valence-corrected chi connectivity index (χ4v) is 7.86. The van der Waals surface area contributed by atoms with Gasteiger partial charge in [0.2, 0.25) is 5.91 Å². The Labute approximate surface area is 201 Å². The second-order valence-corrected chi connectivity index (χ2v) is 11.4. The van der Waals surface area contributed by atoms with Crippen LogP contribution in [0.15, 0.2) is 43.4 Å².